The fourth-order valence-corrected chi connectivity index (χ4v) is 6.44. The van der Waals surface area contributed by atoms with Crippen molar-refractivity contribution in [2.75, 3.05) is 11.5 Å². The molecule has 2 heterocycles. The van der Waals surface area contributed by atoms with E-state index >= 15 is 0 Å². The summed E-state index contributed by atoms with van der Waals surface area (Å²) in [5, 5.41) is -0.149. The van der Waals surface area contributed by atoms with E-state index in [0.29, 0.717) is 18.8 Å². The maximum atomic E-state index is 13.7. The molecule has 0 spiro atoms. The number of amides is 3. The zero-order chi connectivity index (χ0) is 21.5. The molecule has 2 aromatic carbocycles. The van der Waals surface area contributed by atoms with Crippen molar-refractivity contribution in [3.05, 3.63) is 70.1 Å². The third kappa shape index (κ3) is 3.43. The molecule has 160 valence electrons. The summed E-state index contributed by atoms with van der Waals surface area (Å²) in [6.45, 7) is 5.07. The van der Waals surface area contributed by atoms with Crippen LogP contribution in [0.4, 0.5) is 10.5 Å². The Balaban J connectivity index is 1.53. The molecule has 2 aromatic rings. The molecule has 2 unspecified atom stereocenters. The van der Waals surface area contributed by atoms with Crippen molar-refractivity contribution >= 4 is 29.4 Å². The predicted molar refractivity (Wildman–Crippen MR) is 123 cm³/mol. The monoisotopic (exact) mass is 434 g/mol. The number of anilines is 1. The second kappa shape index (κ2) is 8.08. The molecule has 6 heteroatoms. The van der Waals surface area contributed by atoms with Crippen LogP contribution in [0.25, 0.3) is 0 Å². The summed E-state index contributed by atoms with van der Waals surface area (Å²) in [5.41, 5.74) is 4.12. The zero-order valence-electron chi connectivity index (χ0n) is 17.8. The average Bonchev–Trinajstić information content (AvgIpc) is 3.35. The number of urea groups is 1. The number of hydrogen-bond acceptors (Lipinski definition) is 4. The van der Waals surface area contributed by atoms with E-state index in [9.17, 15) is 9.59 Å². The van der Waals surface area contributed by atoms with Crippen LogP contribution in [0.3, 0.4) is 0 Å². The van der Waals surface area contributed by atoms with Gasteiger partial charge < -0.3 is 9.64 Å². The molecule has 0 bridgehead atoms. The third-order valence-electron chi connectivity index (χ3n) is 6.37. The highest BCUT2D eigenvalue weighted by atomic mass is 32.2. The van der Waals surface area contributed by atoms with Crippen molar-refractivity contribution in [2.45, 2.75) is 45.0 Å². The van der Waals surface area contributed by atoms with Gasteiger partial charge in [0.1, 0.15) is 5.75 Å². The summed E-state index contributed by atoms with van der Waals surface area (Å²) in [6.07, 6.45) is 3.08. The van der Waals surface area contributed by atoms with E-state index in [1.165, 1.54) is 15.4 Å². The van der Waals surface area contributed by atoms with Gasteiger partial charge in [0.05, 0.1) is 23.6 Å². The van der Waals surface area contributed by atoms with E-state index in [0.717, 1.165) is 36.1 Å². The number of fused-ring (bicyclic) bond motifs is 2. The van der Waals surface area contributed by atoms with Gasteiger partial charge in [0, 0.05) is 6.54 Å². The fraction of sp³-hybridized carbons (Fsp3) is 0.360. The smallest absolute Gasteiger partial charge is 0.332 e. The molecule has 0 radical (unpaired) electrons. The Labute approximate surface area is 187 Å². The van der Waals surface area contributed by atoms with Gasteiger partial charge in [0.2, 0.25) is 5.91 Å². The lowest BCUT2D eigenvalue weighted by Crippen LogP contribution is -2.60. The molecular weight excluding hydrogens is 408 g/mol. The quantitative estimate of drug-likeness (QED) is 0.624. The van der Waals surface area contributed by atoms with Gasteiger partial charge in [-0.1, -0.05) is 24.3 Å². The van der Waals surface area contributed by atoms with E-state index in [1.807, 2.05) is 36.1 Å². The number of hydrogen-bond donors (Lipinski definition) is 0. The minimum absolute atomic E-state index is 0.0976. The van der Waals surface area contributed by atoms with E-state index in [2.05, 4.69) is 19.1 Å². The molecule has 5 nitrogen and oxygen atoms in total. The van der Waals surface area contributed by atoms with E-state index in [-0.39, 0.29) is 23.2 Å². The van der Waals surface area contributed by atoms with Crippen LogP contribution in [-0.4, -0.2) is 28.8 Å². The first-order chi connectivity index (χ1) is 15.1. The van der Waals surface area contributed by atoms with Crippen LogP contribution in [0.15, 0.2) is 59.0 Å². The van der Waals surface area contributed by atoms with Gasteiger partial charge in [-0.3, -0.25) is 4.79 Å². The second-order valence-corrected chi connectivity index (χ2v) is 9.44. The number of benzene rings is 2. The van der Waals surface area contributed by atoms with Crippen molar-refractivity contribution < 1.29 is 14.3 Å². The number of nitrogens with zero attached hydrogens (tertiary/aromatic N) is 2. The number of aryl methyl sites for hydroxylation is 1. The Kier molecular flexibility index (Phi) is 5.26. The van der Waals surface area contributed by atoms with Crippen LogP contribution in [0.2, 0.25) is 0 Å². The molecule has 31 heavy (non-hydrogen) atoms. The highest BCUT2D eigenvalue weighted by Gasteiger charge is 2.53. The lowest BCUT2D eigenvalue weighted by atomic mass is 9.93. The molecular formula is C25H26N2O3S. The lowest BCUT2D eigenvalue weighted by molar-refractivity contribution is -0.122. The number of imide groups is 1. The number of thioether (sulfide) groups is 1. The van der Waals surface area contributed by atoms with E-state index in [4.69, 9.17) is 4.74 Å². The largest absolute Gasteiger partial charge is 0.494 e. The third-order valence-corrected chi connectivity index (χ3v) is 7.89. The molecule has 5 rings (SSSR count). The SMILES string of the molecule is CCOc1ccc(N2C(=O)C3C4=C(CCC4)SC3N(Cc3ccccc3C)C2=O)cc1. The normalized spacial score (nSPS) is 22.8. The van der Waals surface area contributed by atoms with Crippen LogP contribution < -0.4 is 9.64 Å². The van der Waals surface area contributed by atoms with Crippen molar-refractivity contribution in [3.8, 4) is 5.75 Å². The minimum atomic E-state index is -0.254. The molecule has 3 amide bonds. The van der Waals surface area contributed by atoms with Crippen LogP contribution in [-0.2, 0) is 11.3 Å². The minimum Gasteiger partial charge on any atom is -0.494 e. The molecule has 0 saturated carbocycles. The van der Waals surface area contributed by atoms with Crippen molar-refractivity contribution in [1.82, 2.24) is 4.90 Å². The molecule has 1 aliphatic carbocycles. The molecule has 3 aliphatic rings. The summed E-state index contributed by atoms with van der Waals surface area (Å²) in [4.78, 5) is 31.9. The molecule has 1 saturated heterocycles. The molecule has 1 fully saturated rings. The number of carbonyl (C=O) groups is 2. The Bertz CT molecular complexity index is 1060. The Morgan fingerprint density at radius 2 is 1.84 bits per heavy atom. The van der Waals surface area contributed by atoms with Crippen molar-refractivity contribution in [3.63, 3.8) is 0 Å². The van der Waals surface area contributed by atoms with E-state index in [1.54, 1.807) is 23.9 Å². The Hall–Kier alpha value is -2.73. The second-order valence-electron chi connectivity index (χ2n) is 8.23. The predicted octanol–water partition coefficient (Wildman–Crippen LogP) is 5.49. The molecule has 2 aliphatic heterocycles. The summed E-state index contributed by atoms with van der Waals surface area (Å²) in [7, 11) is 0. The van der Waals surface area contributed by atoms with Crippen molar-refractivity contribution in [1.29, 1.82) is 0 Å². The van der Waals surface area contributed by atoms with Crippen molar-refractivity contribution in [2.24, 2.45) is 5.92 Å². The maximum Gasteiger partial charge on any atom is 0.332 e. The van der Waals surface area contributed by atoms with Gasteiger partial charge in [0.25, 0.3) is 0 Å². The highest BCUT2D eigenvalue weighted by molar-refractivity contribution is 8.04. The fourth-order valence-electron chi connectivity index (χ4n) is 4.80. The molecule has 0 N–H and O–H groups in total. The van der Waals surface area contributed by atoms with Gasteiger partial charge >= 0.3 is 6.03 Å². The van der Waals surface area contributed by atoms with Gasteiger partial charge in [-0.2, -0.15) is 0 Å². The Morgan fingerprint density at radius 1 is 1.06 bits per heavy atom. The maximum absolute atomic E-state index is 13.7. The van der Waals surface area contributed by atoms with Gasteiger partial charge in [-0.05, 0) is 79.0 Å². The highest BCUT2D eigenvalue weighted by Crippen LogP contribution is 2.54. The lowest BCUT2D eigenvalue weighted by Gasteiger charge is -2.42. The molecule has 2 atom stereocenters. The summed E-state index contributed by atoms with van der Waals surface area (Å²) in [5.74, 6) is 0.380. The zero-order valence-corrected chi connectivity index (χ0v) is 18.7. The van der Waals surface area contributed by atoms with E-state index < -0.39 is 0 Å². The first-order valence-corrected chi connectivity index (χ1v) is 11.8. The van der Waals surface area contributed by atoms with Gasteiger partial charge in [0.15, 0.2) is 0 Å². The van der Waals surface area contributed by atoms with Gasteiger partial charge in [-0.15, -0.1) is 11.8 Å². The number of rotatable bonds is 5. The summed E-state index contributed by atoms with van der Waals surface area (Å²) < 4.78 is 5.53. The summed E-state index contributed by atoms with van der Waals surface area (Å²) in [6, 6.07) is 15.2. The number of ether oxygens (including phenoxy) is 1. The van der Waals surface area contributed by atoms with Crippen LogP contribution in [0, 0.1) is 12.8 Å². The standard InChI is InChI=1S/C25H26N2O3S/c1-3-30-19-13-11-18(12-14-19)27-23(28)22-20-9-6-10-21(20)31-24(22)26(25(27)29)15-17-8-5-4-7-16(17)2/h4-5,7-8,11-14,22,24H,3,6,9-10,15H2,1-2H3. The Morgan fingerprint density at radius 3 is 2.58 bits per heavy atom. The van der Waals surface area contributed by atoms with Crippen LogP contribution in [0.5, 0.6) is 5.75 Å². The van der Waals surface area contributed by atoms with Gasteiger partial charge in [-0.25, -0.2) is 9.69 Å². The number of carbonyl (C=O) groups excluding carboxylic acids is 2. The summed E-state index contributed by atoms with van der Waals surface area (Å²) >= 11 is 1.73. The number of allylic oxidation sites excluding steroid dienone is 1. The van der Waals surface area contributed by atoms with Crippen LogP contribution >= 0.6 is 11.8 Å². The first-order valence-electron chi connectivity index (χ1n) is 10.9. The topological polar surface area (TPSA) is 49.9 Å². The van der Waals surface area contributed by atoms with Crippen LogP contribution in [0.1, 0.15) is 37.3 Å². The first kappa shape index (κ1) is 20.2. The molecule has 0 aromatic heterocycles. The average molecular weight is 435 g/mol.